The van der Waals surface area contributed by atoms with Crippen LogP contribution < -0.4 is 5.32 Å². The Labute approximate surface area is 132 Å². The number of esters is 1. The molecule has 0 unspecified atom stereocenters. The Morgan fingerprint density at radius 3 is 3.05 bits per heavy atom. The molecule has 22 heavy (non-hydrogen) atoms. The van der Waals surface area contributed by atoms with Crippen LogP contribution in [0, 0.1) is 0 Å². The van der Waals surface area contributed by atoms with Crippen LogP contribution in [0.5, 0.6) is 0 Å². The molecule has 0 radical (unpaired) electrons. The highest BCUT2D eigenvalue weighted by Gasteiger charge is 2.23. The number of carbonyl (C=O) groups excluding carboxylic acids is 2. The highest BCUT2D eigenvalue weighted by Crippen LogP contribution is 2.31. The first-order valence-corrected chi connectivity index (χ1v) is 8.08. The first kappa shape index (κ1) is 14.8. The second-order valence-corrected chi connectivity index (χ2v) is 6.39. The van der Waals surface area contributed by atoms with Gasteiger partial charge in [-0.05, 0) is 49.9 Å². The quantitative estimate of drug-likeness (QED) is 0.860. The van der Waals surface area contributed by atoms with E-state index in [0.717, 1.165) is 19.3 Å². The van der Waals surface area contributed by atoms with Crippen LogP contribution in [0.15, 0.2) is 28.9 Å². The van der Waals surface area contributed by atoms with Crippen molar-refractivity contribution in [3.63, 3.8) is 0 Å². The van der Waals surface area contributed by atoms with Gasteiger partial charge in [-0.25, -0.2) is 4.79 Å². The van der Waals surface area contributed by atoms with E-state index in [1.165, 1.54) is 21.8 Å². The van der Waals surface area contributed by atoms with Crippen molar-refractivity contribution in [2.45, 2.75) is 38.8 Å². The third kappa shape index (κ3) is 3.22. The minimum absolute atomic E-state index is 0.279. The lowest BCUT2D eigenvalue weighted by Gasteiger charge is -2.12. The average Bonchev–Trinajstić information content (AvgIpc) is 3.20. The van der Waals surface area contributed by atoms with Gasteiger partial charge in [0.05, 0.1) is 12.8 Å². The summed E-state index contributed by atoms with van der Waals surface area (Å²) in [6.45, 7) is 1.84. The number of carbonyl (C=O) groups is 2. The van der Waals surface area contributed by atoms with E-state index in [1.54, 1.807) is 25.3 Å². The Balaban J connectivity index is 1.52. The molecule has 0 saturated heterocycles. The molecule has 0 spiro atoms. The highest BCUT2D eigenvalue weighted by molar-refractivity contribution is 7.14. The first-order chi connectivity index (χ1) is 10.6. The summed E-state index contributed by atoms with van der Waals surface area (Å²) in [5.74, 6) is -0.115. The van der Waals surface area contributed by atoms with Crippen molar-refractivity contribution < 1.29 is 18.7 Å². The van der Waals surface area contributed by atoms with Crippen molar-refractivity contribution in [1.82, 2.24) is 5.32 Å². The van der Waals surface area contributed by atoms with E-state index in [-0.39, 0.29) is 12.5 Å². The van der Waals surface area contributed by atoms with Crippen molar-refractivity contribution in [3.8, 4) is 0 Å². The number of rotatable bonds is 5. The molecule has 0 fully saturated rings. The number of fused-ring (bicyclic) bond motifs is 1. The molecule has 0 aromatic carbocycles. The molecule has 1 aliphatic rings. The summed E-state index contributed by atoms with van der Waals surface area (Å²) in [5.41, 5.74) is 1.24. The molecule has 1 N–H and O–H groups in total. The summed E-state index contributed by atoms with van der Waals surface area (Å²) in [7, 11) is 0. The lowest BCUT2D eigenvalue weighted by molar-refractivity contribution is -0.129. The van der Waals surface area contributed by atoms with Crippen LogP contribution >= 0.6 is 11.3 Å². The van der Waals surface area contributed by atoms with Crippen molar-refractivity contribution in [3.05, 3.63) is 45.5 Å². The van der Waals surface area contributed by atoms with Crippen LogP contribution in [0.3, 0.4) is 0 Å². The second kappa shape index (κ2) is 6.36. The Bertz CT molecular complexity index is 653. The van der Waals surface area contributed by atoms with E-state index >= 15 is 0 Å². The molecule has 2 heterocycles. The number of aryl methyl sites for hydroxylation is 2. The summed E-state index contributed by atoms with van der Waals surface area (Å²) in [6, 6.07) is 5.41. The van der Waals surface area contributed by atoms with Crippen LogP contribution in [0.1, 0.15) is 39.2 Å². The zero-order chi connectivity index (χ0) is 15.5. The Morgan fingerprint density at radius 2 is 2.32 bits per heavy atom. The number of furan rings is 1. The minimum Gasteiger partial charge on any atom is -0.467 e. The standard InChI is InChI=1S/C16H17NO4S/c1-10(15(18)17-9-12-5-3-7-20-12)21-16(19)14-8-11-4-2-6-13(11)22-14/h3,5,7-8,10H,2,4,6,9H2,1H3,(H,17,18)/t10-/m1/s1. The van der Waals surface area contributed by atoms with Crippen molar-refractivity contribution in [2.24, 2.45) is 0 Å². The molecule has 116 valence electrons. The van der Waals surface area contributed by atoms with Gasteiger partial charge in [0, 0.05) is 4.88 Å². The Morgan fingerprint density at radius 1 is 1.45 bits per heavy atom. The van der Waals surface area contributed by atoms with Crippen molar-refractivity contribution in [2.75, 3.05) is 0 Å². The van der Waals surface area contributed by atoms with Gasteiger partial charge in [0.25, 0.3) is 5.91 Å². The van der Waals surface area contributed by atoms with Gasteiger partial charge >= 0.3 is 5.97 Å². The summed E-state index contributed by atoms with van der Waals surface area (Å²) in [5, 5.41) is 2.67. The first-order valence-electron chi connectivity index (χ1n) is 7.26. The number of nitrogens with one attached hydrogen (secondary N) is 1. The molecule has 1 aliphatic carbocycles. The van der Waals surface area contributed by atoms with E-state index in [0.29, 0.717) is 10.6 Å². The van der Waals surface area contributed by atoms with Gasteiger partial charge in [0.2, 0.25) is 0 Å². The van der Waals surface area contributed by atoms with Gasteiger partial charge in [0.1, 0.15) is 10.6 Å². The largest absolute Gasteiger partial charge is 0.467 e. The monoisotopic (exact) mass is 319 g/mol. The molecule has 0 aliphatic heterocycles. The fourth-order valence-electron chi connectivity index (χ4n) is 2.43. The summed E-state index contributed by atoms with van der Waals surface area (Å²) in [4.78, 5) is 25.9. The molecule has 3 rings (SSSR count). The lowest BCUT2D eigenvalue weighted by Crippen LogP contribution is -2.35. The maximum absolute atomic E-state index is 12.1. The highest BCUT2D eigenvalue weighted by atomic mass is 32.1. The fourth-order valence-corrected chi connectivity index (χ4v) is 3.57. The fraction of sp³-hybridized carbons (Fsp3) is 0.375. The number of thiophene rings is 1. The van der Waals surface area contributed by atoms with Gasteiger partial charge in [-0.1, -0.05) is 0 Å². The molecule has 0 saturated carbocycles. The Hall–Kier alpha value is -2.08. The van der Waals surface area contributed by atoms with E-state index in [1.807, 2.05) is 6.07 Å². The predicted molar refractivity (Wildman–Crippen MR) is 81.8 cm³/mol. The maximum Gasteiger partial charge on any atom is 0.349 e. The molecule has 2 aromatic rings. The Kier molecular flexibility index (Phi) is 4.29. The van der Waals surface area contributed by atoms with Gasteiger partial charge in [-0.15, -0.1) is 11.3 Å². The normalized spacial score (nSPS) is 14.4. The van der Waals surface area contributed by atoms with Crippen LogP contribution in [0.25, 0.3) is 0 Å². The number of amides is 1. The smallest absolute Gasteiger partial charge is 0.349 e. The zero-order valence-electron chi connectivity index (χ0n) is 12.3. The van der Waals surface area contributed by atoms with Crippen LogP contribution in [0.2, 0.25) is 0 Å². The SMILES string of the molecule is C[C@@H](OC(=O)c1cc2c(s1)CCC2)C(=O)NCc1ccco1. The summed E-state index contributed by atoms with van der Waals surface area (Å²) >= 11 is 1.47. The number of hydrogen-bond donors (Lipinski definition) is 1. The number of hydrogen-bond acceptors (Lipinski definition) is 5. The molecular formula is C16H17NO4S. The van der Waals surface area contributed by atoms with Crippen LogP contribution in [-0.2, 0) is 28.9 Å². The second-order valence-electron chi connectivity index (χ2n) is 5.26. The topological polar surface area (TPSA) is 68.5 Å². The minimum atomic E-state index is -0.834. The molecule has 6 heteroatoms. The van der Waals surface area contributed by atoms with E-state index in [9.17, 15) is 9.59 Å². The van der Waals surface area contributed by atoms with Gasteiger partial charge in [0.15, 0.2) is 6.10 Å². The van der Waals surface area contributed by atoms with E-state index in [4.69, 9.17) is 9.15 Å². The zero-order valence-corrected chi connectivity index (χ0v) is 13.1. The van der Waals surface area contributed by atoms with E-state index < -0.39 is 12.1 Å². The predicted octanol–water partition coefficient (Wildman–Crippen LogP) is 2.69. The average molecular weight is 319 g/mol. The molecule has 1 amide bonds. The lowest BCUT2D eigenvalue weighted by atomic mass is 10.2. The van der Waals surface area contributed by atoms with E-state index in [2.05, 4.69) is 5.32 Å². The number of ether oxygens (including phenoxy) is 1. The molecule has 0 bridgehead atoms. The van der Waals surface area contributed by atoms with Gasteiger partial charge < -0.3 is 14.5 Å². The summed E-state index contributed by atoms with van der Waals surface area (Å²) in [6.07, 6.45) is 3.92. The molecule has 2 aromatic heterocycles. The van der Waals surface area contributed by atoms with Crippen LogP contribution in [-0.4, -0.2) is 18.0 Å². The molecular weight excluding hydrogens is 302 g/mol. The van der Waals surface area contributed by atoms with Crippen molar-refractivity contribution >= 4 is 23.2 Å². The third-order valence-electron chi connectivity index (χ3n) is 3.62. The molecule has 1 atom stereocenters. The molecule has 5 nitrogen and oxygen atoms in total. The van der Waals surface area contributed by atoms with Crippen molar-refractivity contribution in [1.29, 1.82) is 0 Å². The van der Waals surface area contributed by atoms with Gasteiger partial charge in [-0.3, -0.25) is 4.79 Å². The third-order valence-corrected chi connectivity index (χ3v) is 4.83. The van der Waals surface area contributed by atoms with Gasteiger partial charge in [-0.2, -0.15) is 0 Å². The van der Waals surface area contributed by atoms with Crippen LogP contribution in [0.4, 0.5) is 0 Å². The maximum atomic E-state index is 12.1. The summed E-state index contributed by atoms with van der Waals surface area (Å²) < 4.78 is 10.4.